The number of nitrogens with zero attached hydrogens (tertiary/aromatic N) is 1. The molecule has 2 heterocycles. The molecule has 0 aromatic heterocycles. The molecule has 2 aliphatic rings. The highest BCUT2D eigenvalue weighted by atomic mass is 31.2. The summed E-state index contributed by atoms with van der Waals surface area (Å²) in [5.74, 6) is -1.60. The molecule has 2 aliphatic heterocycles. The molecular weight excluding hydrogens is 589 g/mol. The second-order valence-corrected chi connectivity index (χ2v) is 20.3. The van der Waals surface area contributed by atoms with Crippen LogP contribution in [0.5, 0.6) is 0 Å². The third-order valence-corrected chi connectivity index (χ3v) is 16.2. The van der Waals surface area contributed by atoms with Crippen LogP contribution in [0.3, 0.4) is 0 Å². The summed E-state index contributed by atoms with van der Waals surface area (Å²) < 4.78 is 34.0. The Labute approximate surface area is 261 Å². The Morgan fingerprint density at radius 3 is 1.91 bits per heavy atom. The van der Waals surface area contributed by atoms with E-state index in [-0.39, 0.29) is 35.1 Å². The van der Waals surface area contributed by atoms with E-state index >= 15 is 0 Å². The van der Waals surface area contributed by atoms with E-state index in [2.05, 4.69) is 33.9 Å². The minimum absolute atomic E-state index is 0.0197. The van der Waals surface area contributed by atoms with Crippen LogP contribution in [0.2, 0.25) is 18.1 Å². The number of carbonyl (C=O) groups is 2. The van der Waals surface area contributed by atoms with Gasteiger partial charge in [0.05, 0.1) is 28.7 Å². The summed E-state index contributed by atoms with van der Waals surface area (Å²) in [7, 11) is -5.93. The lowest BCUT2D eigenvalue weighted by Gasteiger charge is -2.49. The molecule has 0 saturated carbocycles. The molecule has 7 nitrogen and oxygen atoms in total. The van der Waals surface area contributed by atoms with E-state index in [4.69, 9.17) is 13.7 Å². The van der Waals surface area contributed by atoms with Gasteiger partial charge in [-0.1, -0.05) is 94.4 Å². The van der Waals surface area contributed by atoms with Gasteiger partial charge in [-0.15, -0.1) is 0 Å². The van der Waals surface area contributed by atoms with Crippen molar-refractivity contribution < 1.29 is 27.8 Å². The number of hydrogen-bond acceptors (Lipinski definition) is 6. The zero-order valence-electron chi connectivity index (χ0n) is 26.5. The standard InChI is InChI=1S/C35H42NO6PSi/c1-24-30-29(25(2)42-44(6,7)35(3,4)5)33(37)36(30)31(34(38)40-23-26-17-11-8-12-18-26)32(24)41-43(39,27-19-13-9-14-20-27)28-21-15-10-16-22-28/h8-22,24-25,29-30H,23H2,1-7H3/t24-,25?,29+,30-/m1/s1. The van der Waals surface area contributed by atoms with Gasteiger partial charge in [-0.25, -0.2) is 4.79 Å². The Kier molecular flexibility index (Phi) is 8.82. The lowest BCUT2D eigenvalue weighted by atomic mass is 9.79. The summed E-state index contributed by atoms with van der Waals surface area (Å²) in [6.07, 6.45) is -0.372. The molecule has 0 spiro atoms. The van der Waals surface area contributed by atoms with Crippen LogP contribution < -0.4 is 10.6 Å². The first-order valence-electron chi connectivity index (χ1n) is 15.1. The van der Waals surface area contributed by atoms with E-state index in [1.54, 1.807) is 24.3 Å². The molecule has 1 amide bonds. The number of carbonyl (C=O) groups excluding carboxylic acids is 2. The number of rotatable bonds is 10. The van der Waals surface area contributed by atoms with Crippen molar-refractivity contribution in [3.8, 4) is 0 Å². The summed E-state index contributed by atoms with van der Waals surface area (Å²) >= 11 is 0. The summed E-state index contributed by atoms with van der Waals surface area (Å²) in [5, 5.41) is 0.954. The average Bonchev–Trinajstić information content (AvgIpc) is 3.23. The molecule has 3 aromatic carbocycles. The molecule has 0 aliphatic carbocycles. The average molecular weight is 632 g/mol. The normalized spacial score (nSPS) is 21.0. The minimum Gasteiger partial charge on any atom is -0.456 e. The van der Waals surface area contributed by atoms with Crippen molar-refractivity contribution in [2.24, 2.45) is 11.8 Å². The van der Waals surface area contributed by atoms with Crippen molar-refractivity contribution in [2.45, 2.75) is 71.5 Å². The lowest BCUT2D eigenvalue weighted by Crippen LogP contribution is -2.65. The molecule has 44 heavy (non-hydrogen) atoms. The van der Waals surface area contributed by atoms with Crippen LogP contribution in [0.4, 0.5) is 0 Å². The third kappa shape index (κ3) is 5.83. The molecule has 0 bridgehead atoms. The highest BCUT2D eigenvalue weighted by Gasteiger charge is 2.62. The maximum Gasteiger partial charge on any atom is 0.358 e. The number of ether oxygens (including phenoxy) is 1. The van der Waals surface area contributed by atoms with Gasteiger partial charge in [0.15, 0.2) is 14.0 Å². The summed E-state index contributed by atoms with van der Waals surface area (Å²) in [5.41, 5.74) is 0.834. The number of esters is 1. The monoisotopic (exact) mass is 631 g/mol. The van der Waals surface area contributed by atoms with E-state index in [1.165, 1.54) is 4.90 Å². The van der Waals surface area contributed by atoms with Crippen molar-refractivity contribution in [1.29, 1.82) is 0 Å². The van der Waals surface area contributed by atoms with Gasteiger partial charge in [0, 0.05) is 5.92 Å². The molecule has 3 aromatic rings. The molecule has 1 saturated heterocycles. The first kappa shape index (κ1) is 32.0. The number of hydrogen-bond donors (Lipinski definition) is 0. The van der Waals surface area contributed by atoms with E-state index in [1.807, 2.05) is 80.6 Å². The minimum atomic E-state index is -3.74. The van der Waals surface area contributed by atoms with Crippen LogP contribution in [0.25, 0.3) is 0 Å². The van der Waals surface area contributed by atoms with Crippen LogP contribution >= 0.6 is 7.37 Å². The fraction of sp³-hybridized carbons (Fsp3) is 0.371. The lowest BCUT2D eigenvalue weighted by molar-refractivity contribution is -0.163. The number of β-lactam (4-membered cyclic amide) rings is 1. The molecule has 0 radical (unpaired) electrons. The van der Waals surface area contributed by atoms with Gasteiger partial charge < -0.3 is 13.7 Å². The number of benzene rings is 3. The van der Waals surface area contributed by atoms with Gasteiger partial charge in [0.1, 0.15) is 12.4 Å². The quantitative estimate of drug-likeness (QED) is 0.106. The van der Waals surface area contributed by atoms with Crippen molar-refractivity contribution >= 4 is 38.2 Å². The van der Waals surface area contributed by atoms with Gasteiger partial charge in [0.25, 0.3) is 0 Å². The fourth-order valence-corrected chi connectivity index (χ4v) is 9.36. The van der Waals surface area contributed by atoms with Gasteiger partial charge in [-0.3, -0.25) is 14.3 Å². The first-order valence-corrected chi connectivity index (χ1v) is 19.7. The second-order valence-electron chi connectivity index (χ2n) is 13.2. The first-order chi connectivity index (χ1) is 20.8. The van der Waals surface area contributed by atoms with E-state index in [0.717, 1.165) is 5.56 Å². The van der Waals surface area contributed by atoms with E-state index in [9.17, 15) is 14.2 Å². The van der Waals surface area contributed by atoms with Crippen molar-refractivity contribution in [2.75, 3.05) is 0 Å². The largest absolute Gasteiger partial charge is 0.456 e. The Morgan fingerprint density at radius 2 is 1.41 bits per heavy atom. The van der Waals surface area contributed by atoms with Crippen LogP contribution in [0.1, 0.15) is 40.2 Å². The topological polar surface area (TPSA) is 82.1 Å². The van der Waals surface area contributed by atoms with Crippen molar-refractivity contribution in [1.82, 2.24) is 4.90 Å². The molecule has 5 rings (SSSR count). The Balaban J connectivity index is 1.54. The van der Waals surface area contributed by atoms with Crippen LogP contribution in [-0.4, -0.2) is 37.2 Å². The van der Waals surface area contributed by atoms with Gasteiger partial charge in [0.2, 0.25) is 5.91 Å². The second kappa shape index (κ2) is 12.1. The highest BCUT2D eigenvalue weighted by molar-refractivity contribution is 7.74. The predicted octanol–water partition coefficient (Wildman–Crippen LogP) is 6.77. The van der Waals surface area contributed by atoms with E-state index in [0.29, 0.717) is 10.6 Å². The van der Waals surface area contributed by atoms with E-state index < -0.39 is 39.5 Å². The molecule has 9 heteroatoms. The van der Waals surface area contributed by atoms with Crippen molar-refractivity contribution in [3.63, 3.8) is 0 Å². The van der Waals surface area contributed by atoms with Crippen molar-refractivity contribution in [3.05, 3.63) is 108 Å². The molecule has 1 unspecified atom stereocenters. The Hall–Kier alpha value is -3.45. The third-order valence-electron chi connectivity index (χ3n) is 9.21. The number of amides is 1. The fourth-order valence-electron chi connectivity index (χ4n) is 5.77. The maximum atomic E-state index is 15.0. The number of fused-ring (bicyclic) bond motifs is 1. The summed E-state index contributed by atoms with van der Waals surface area (Å²) in [6, 6.07) is 26.9. The predicted molar refractivity (Wildman–Crippen MR) is 175 cm³/mol. The molecule has 4 atom stereocenters. The Bertz CT molecular complexity index is 1540. The smallest absolute Gasteiger partial charge is 0.358 e. The zero-order chi connectivity index (χ0) is 31.9. The molecule has 232 valence electrons. The molecule has 0 N–H and O–H groups in total. The van der Waals surface area contributed by atoms with Gasteiger partial charge >= 0.3 is 13.3 Å². The highest BCUT2D eigenvalue weighted by Crippen LogP contribution is 2.55. The zero-order valence-corrected chi connectivity index (χ0v) is 28.4. The molecule has 1 fully saturated rings. The van der Waals surface area contributed by atoms with Gasteiger partial charge in [-0.2, -0.15) is 0 Å². The maximum absolute atomic E-state index is 15.0. The molecular formula is C35H42NO6PSi. The van der Waals surface area contributed by atoms with Crippen LogP contribution in [0.15, 0.2) is 102 Å². The van der Waals surface area contributed by atoms with Gasteiger partial charge in [-0.05, 0) is 54.9 Å². The van der Waals surface area contributed by atoms with Crippen LogP contribution in [-0.2, 0) is 34.4 Å². The summed E-state index contributed by atoms with van der Waals surface area (Å²) in [4.78, 5) is 29.2. The summed E-state index contributed by atoms with van der Waals surface area (Å²) in [6.45, 7) is 14.7. The van der Waals surface area contributed by atoms with Crippen LogP contribution in [0, 0.1) is 11.8 Å². The SMILES string of the molecule is CC(O[Si](C)(C)C(C)(C)C)[C@@H]1C(=O)N2C(C(=O)OCc3ccccc3)=C(OP(=O)(c3ccccc3)c3ccccc3)[C@H](C)[C@H]12. The Morgan fingerprint density at radius 1 is 0.909 bits per heavy atom.